The van der Waals surface area contributed by atoms with Crippen LogP contribution >= 0.6 is 7.92 Å². The molecule has 1 rings (SSSR count). The van der Waals surface area contributed by atoms with E-state index in [1.807, 2.05) is 41.5 Å². The van der Waals surface area contributed by atoms with E-state index in [1.165, 1.54) is 32.8 Å². The van der Waals surface area contributed by atoms with E-state index in [1.54, 1.807) is 0 Å². The van der Waals surface area contributed by atoms with Gasteiger partial charge in [0.15, 0.2) is 5.60 Å². The van der Waals surface area contributed by atoms with Crippen LogP contribution in [-0.4, -0.2) is 42.0 Å². The topological polar surface area (TPSA) is 38.7 Å². The van der Waals surface area contributed by atoms with Crippen LogP contribution in [0.4, 0.5) is 13.2 Å². The van der Waals surface area contributed by atoms with Gasteiger partial charge in [-0.1, -0.05) is 33.3 Å². The third-order valence-corrected chi connectivity index (χ3v) is 9.23. The maximum Gasteiger partial charge on any atom is 1.00 e. The Morgan fingerprint density at radius 1 is 0.943 bits per heavy atom. The van der Waals surface area contributed by atoms with E-state index < -0.39 is 25.9 Å². The number of ether oxygens (including phenoxy) is 2. The minimum absolute atomic E-state index is 0. The molecule has 1 atom stereocenters. The molecule has 0 amide bonds. The van der Waals surface area contributed by atoms with Crippen LogP contribution in [-0.2, 0) is 22.1 Å². The zero-order valence-electron chi connectivity index (χ0n) is 22.9. The van der Waals surface area contributed by atoms with E-state index in [4.69, 9.17) is 9.47 Å². The predicted molar refractivity (Wildman–Crippen MR) is 136 cm³/mol. The first kappa shape index (κ1) is 48.3. The van der Waals surface area contributed by atoms with Crippen LogP contribution in [0.1, 0.15) is 80.4 Å². The van der Waals surface area contributed by atoms with E-state index in [9.17, 15) is 18.3 Å². The Labute approximate surface area is 243 Å². The molecule has 10 heteroatoms. The zero-order valence-corrected chi connectivity index (χ0v) is 25.6. The van der Waals surface area contributed by atoms with Crippen LogP contribution in [0.2, 0.25) is 0 Å². The number of alkyl halides is 3. The van der Waals surface area contributed by atoms with Crippen molar-refractivity contribution in [3.63, 3.8) is 0 Å². The van der Waals surface area contributed by atoms with E-state index in [2.05, 4.69) is 20.8 Å². The fraction of sp³-hybridized carbons (Fsp3) is 0.680. The molecule has 35 heavy (non-hydrogen) atoms. The molecular weight excluding hydrogens is 537 g/mol. The summed E-state index contributed by atoms with van der Waals surface area (Å²) in [6, 6.07) is 2.73. The van der Waals surface area contributed by atoms with Gasteiger partial charge in [0.2, 0.25) is 0 Å². The molecule has 0 aliphatic carbocycles. The second kappa shape index (κ2) is 18.5. The van der Waals surface area contributed by atoms with Crippen LogP contribution in [0.3, 0.4) is 0 Å². The summed E-state index contributed by atoms with van der Waals surface area (Å²) in [4.78, 5) is 0. The van der Waals surface area contributed by atoms with E-state index in [0.29, 0.717) is 5.75 Å². The van der Waals surface area contributed by atoms with Crippen molar-refractivity contribution < 1.29 is 75.5 Å². The molecule has 0 aromatic heterocycles. The van der Waals surface area contributed by atoms with Crippen LogP contribution in [0.5, 0.6) is 11.5 Å². The van der Waals surface area contributed by atoms with E-state index in [0.717, 1.165) is 0 Å². The number of aliphatic hydroxyl groups is 1. The molecule has 0 fully saturated rings. The first-order valence-corrected chi connectivity index (χ1v) is 11.9. The summed E-state index contributed by atoms with van der Waals surface area (Å²) in [5.41, 5.74) is -3.36. The minimum Gasteiger partial charge on any atom is -1.00 e. The molecule has 1 unspecified atom stereocenters. The normalized spacial score (nSPS) is 12.5. The molecule has 0 bridgehead atoms. The Morgan fingerprint density at radius 2 is 1.31 bits per heavy atom. The molecule has 210 valence electrons. The summed E-state index contributed by atoms with van der Waals surface area (Å²) in [5.74, 6) is 0.241. The Hall–Kier alpha value is 0.251. The minimum atomic E-state index is -4.88. The Balaban J connectivity index is -0.000000249. The molecule has 1 N–H and O–H groups in total. The molecule has 0 spiro atoms. The molecule has 1 aromatic rings. The molecule has 0 heterocycles. The van der Waals surface area contributed by atoms with Crippen molar-refractivity contribution in [2.75, 3.05) is 20.4 Å². The van der Waals surface area contributed by atoms with Gasteiger partial charge in [0, 0.05) is 24.4 Å². The molecule has 1 aromatic carbocycles. The first-order valence-electron chi connectivity index (χ1n) is 10.1. The molecule has 3 nitrogen and oxygen atoms in total. The quantitative estimate of drug-likeness (QED) is 0.327. The van der Waals surface area contributed by atoms with Gasteiger partial charge in [-0.3, -0.25) is 0 Å². The van der Waals surface area contributed by atoms with Gasteiger partial charge in [0.05, 0.1) is 42.2 Å². The van der Waals surface area contributed by atoms with Gasteiger partial charge < -0.3 is 34.4 Å². The Bertz CT molecular complexity index is 682. The molecular formula is C25H47ClF3LiNiO3P-. The average Bonchev–Trinajstić information content (AvgIpc) is 2.56. The predicted octanol–water partition coefficient (Wildman–Crippen LogP) is 1.96. The van der Waals surface area contributed by atoms with Crippen molar-refractivity contribution in [3.8, 4) is 11.5 Å². The second-order valence-corrected chi connectivity index (χ2v) is 13.9. The number of benzene rings is 1. The summed E-state index contributed by atoms with van der Waals surface area (Å²) in [7, 11) is 0.976. The molecule has 0 saturated carbocycles. The summed E-state index contributed by atoms with van der Waals surface area (Å²) in [6.45, 7) is 19.6. The average molecular weight is 585 g/mol. The molecule has 0 aliphatic rings. The van der Waals surface area contributed by atoms with Crippen LogP contribution in [0.25, 0.3) is 0 Å². The monoisotopic (exact) mass is 583 g/mol. The second-order valence-electron chi connectivity index (χ2n) is 9.58. The van der Waals surface area contributed by atoms with Crippen LogP contribution in [0.15, 0.2) is 12.1 Å². The van der Waals surface area contributed by atoms with Gasteiger partial charge in [0.25, 0.3) is 0 Å². The first-order chi connectivity index (χ1) is 13.4. The number of methoxy groups -OCH3 is 2. The van der Waals surface area contributed by atoms with Crippen LogP contribution in [0, 0.1) is 14.4 Å². The van der Waals surface area contributed by atoms with E-state index in [-0.39, 0.29) is 89.8 Å². The number of rotatable bonds is 5. The van der Waals surface area contributed by atoms with Crippen molar-refractivity contribution in [3.05, 3.63) is 37.6 Å². The largest absolute Gasteiger partial charge is 1.00 e. The van der Waals surface area contributed by atoms with Crippen molar-refractivity contribution in [2.24, 2.45) is 0 Å². The fourth-order valence-electron chi connectivity index (χ4n) is 3.63. The van der Waals surface area contributed by atoms with Crippen molar-refractivity contribution in [1.82, 2.24) is 0 Å². The van der Waals surface area contributed by atoms with Gasteiger partial charge in [0.1, 0.15) is 0 Å². The van der Waals surface area contributed by atoms with E-state index >= 15 is 0 Å². The number of hydrogen-bond acceptors (Lipinski definition) is 3. The SMILES string of the molecule is C.CCC.[CH2-]c1cc(OC)cc(OC)c1C(O)(C[PH+](C(C)(C)C)C(C)(C)C)C(F)(F)F.[CH3-].[Cl-].[Li+].[Ni]. The van der Waals surface area contributed by atoms with Gasteiger partial charge in [-0.05, 0) is 47.6 Å². The summed E-state index contributed by atoms with van der Waals surface area (Å²) >= 11 is 0. The van der Waals surface area contributed by atoms with Gasteiger partial charge in [-0.15, -0.1) is 6.07 Å². The van der Waals surface area contributed by atoms with Crippen molar-refractivity contribution in [2.45, 2.75) is 91.3 Å². The van der Waals surface area contributed by atoms with Gasteiger partial charge in [-0.25, -0.2) is 0 Å². The zero-order chi connectivity index (χ0) is 24.1. The number of halogens is 4. The van der Waals surface area contributed by atoms with Gasteiger partial charge >= 0.3 is 25.0 Å². The van der Waals surface area contributed by atoms with Crippen molar-refractivity contribution in [1.29, 1.82) is 0 Å². The summed E-state index contributed by atoms with van der Waals surface area (Å²) in [6.07, 6.45) is -4.03. The Morgan fingerprint density at radius 3 is 1.57 bits per heavy atom. The fourth-order valence-corrected chi connectivity index (χ4v) is 7.83. The van der Waals surface area contributed by atoms with Crippen molar-refractivity contribution >= 4 is 7.92 Å². The standard InChI is InChI=1S/C20H31F3O3P.C3H8.CH4.CH3.ClH.Li.Ni/c1-13-10-14(25-8)11-15(26-9)16(13)19(24,20(21,22)23)12-27(17(2,3)4)18(5,6)7;1-3-2;;;;;/h10-11,24H,1,12H2,2-9H3;3H2,1-2H3;1H4;1H3;1H;;/q-1;;;-1;;+1;. The smallest absolute Gasteiger partial charge is 1.00 e. The van der Waals surface area contributed by atoms with Gasteiger partial charge in [-0.2, -0.15) is 25.7 Å². The molecule has 0 aliphatic heterocycles. The third kappa shape index (κ3) is 13.0. The molecule has 0 saturated heterocycles. The van der Waals surface area contributed by atoms with Crippen LogP contribution < -0.4 is 40.7 Å². The Kier molecular flexibility index (Phi) is 25.5. The number of hydrogen-bond donors (Lipinski definition) is 1. The maximum absolute atomic E-state index is 14.3. The maximum atomic E-state index is 14.3. The molecule has 0 radical (unpaired) electrons. The summed E-state index contributed by atoms with van der Waals surface area (Å²) < 4.78 is 53.1. The third-order valence-electron chi connectivity index (χ3n) is 4.74. The summed E-state index contributed by atoms with van der Waals surface area (Å²) in [5, 5.41) is 10.4.